The van der Waals surface area contributed by atoms with E-state index in [2.05, 4.69) is 133 Å². The Hall–Kier alpha value is -5.71. The molecule has 0 saturated carbocycles. The molecular weight excluding hydrogens is 567 g/mol. The van der Waals surface area contributed by atoms with Gasteiger partial charge in [-0.15, -0.1) is 11.3 Å². The van der Waals surface area contributed by atoms with Crippen LogP contribution >= 0.6 is 11.3 Å². The lowest BCUT2D eigenvalue weighted by molar-refractivity contribution is 1.08. The van der Waals surface area contributed by atoms with Gasteiger partial charge in [-0.3, -0.25) is 0 Å². The highest BCUT2D eigenvalue weighted by atomic mass is 32.1. The van der Waals surface area contributed by atoms with E-state index in [9.17, 15) is 0 Å². The number of fused-ring (bicyclic) bond motifs is 6. The third-order valence-corrected chi connectivity index (χ3v) is 9.81. The smallest absolute Gasteiger partial charge is 0.165 e. The third kappa shape index (κ3) is 4.46. The SMILES string of the molecule is c1ccc(-c2nc(-c3ccc(-c4ccc5ccccc5c4)cc3)nc(-c3cccc4c3sc3c5ccccc5ccc43)n2)cc1. The maximum absolute atomic E-state index is 5.11. The Labute approximate surface area is 264 Å². The van der Waals surface area contributed by atoms with Crippen molar-refractivity contribution in [3.63, 3.8) is 0 Å². The molecule has 9 rings (SSSR count). The molecule has 2 aromatic heterocycles. The Bertz CT molecular complexity index is 2530. The fraction of sp³-hybridized carbons (Fsp3) is 0. The van der Waals surface area contributed by atoms with Gasteiger partial charge in [0.1, 0.15) is 0 Å². The summed E-state index contributed by atoms with van der Waals surface area (Å²) in [5.74, 6) is 2.00. The maximum atomic E-state index is 5.11. The molecule has 0 saturated heterocycles. The van der Waals surface area contributed by atoms with Crippen molar-refractivity contribution < 1.29 is 0 Å². The van der Waals surface area contributed by atoms with Crippen molar-refractivity contribution >= 4 is 53.1 Å². The first-order chi connectivity index (χ1) is 22.3. The van der Waals surface area contributed by atoms with Crippen molar-refractivity contribution in [1.82, 2.24) is 15.0 Å². The molecule has 9 aromatic rings. The van der Waals surface area contributed by atoms with Crippen LogP contribution < -0.4 is 0 Å². The highest BCUT2D eigenvalue weighted by Gasteiger charge is 2.17. The molecule has 0 fully saturated rings. The van der Waals surface area contributed by atoms with E-state index in [1.54, 1.807) is 0 Å². The number of benzene rings is 7. The van der Waals surface area contributed by atoms with Crippen molar-refractivity contribution in [2.45, 2.75) is 0 Å². The Balaban J connectivity index is 1.20. The van der Waals surface area contributed by atoms with E-state index in [0.717, 1.165) is 22.3 Å². The highest BCUT2D eigenvalue weighted by Crippen LogP contribution is 2.42. The molecule has 2 heterocycles. The van der Waals surface area contributed by atoms with Crippen LogP contribution in [0.1, 0.15) is 0 Å². The van der Waals surface area contributed by atoms with Gasteiger partial charge in [-0.05, 0) is 44.8 Å². The lowest BCUT2D eigenvalue weighted by Crippen LogP contribution is -2.00. The topological polar surface area (TPSA) is 38.7 Å². The summed E-state index contributed by atoms with van der Waals surface area (Å²) in [7, 11) is 0. The highest BCUT2D eigenvalue weighted by molar-refractivity contribution is 7.27. The molecular formula is C41H25N3S. The summed E-state index contributed by atoms with van der Waals surface area (Å²) >= 11 is 1.82. The van der Waals surface area contributed by atoms with Gasteiger partial charge in [-0.25, -0.2) is 15.0 Å². The minimum Gasteiger partial charge on any atom is -0.208 e. The van der Waals surface area contributed by atoms with E-state index in [-0.39, 0.29) is 0 Å². The first kappa shape index (κ1) is 25.8. The number of aromatic nitrogens is 3. The fourth-order valence-corrected chi connectivity index (χ4v) is 7.57. The maximum Gasteiger partial charge on any atom is 0.165 e. The molecule has 0 amide bonds. The summed E-state index contributed by atoms with van der Waals surface area (Å²) in [4.78, 5) is 15.2. The summed E-state index contributed by atoms with van der Waals surface area (Å²) in [6, 6.07) is 53.3. The van der Waals surface area contributed by atoms with Crippen LogP contribution in [0.15, 0.2) is 152 Å². The molecule has 0 aliphatic heterocycles. The van der Waals surface area contributed by atoms with E-state index in [0.29, 0.717) is 17.5 Å². The van der Waals surface area contributed by atoms with Crippen LogP contribution in [0, 0.1) is 0 Å². The number of rotatable bonds is 4. The summed E-state index contributed by atoms with van der Waals surface area (Å²) in [6.07, 6.45) is 0. The van der Waals surface area contributed by atoms with Gasteiger partial charge < -0.3 is 0 Å². The lowest BCUT2D eigenvalue weighted by Gasteiger charge is -2.10. The molecule has 0 spiro atoms. The molecule has 0 radical (unpaired) electrons. The summed E-state index contributed by atoms with van der Waals surface area (Å²) in [5, 5.41) is 7.48. The molecule has 0 atom stereocenters. The largest absolute Gasteiger partial charge is 0.208 e. The predicted octanol–water partition coefficient (Wildman–Crippen LogP) is 11.2. The monoisotopic (exact) mass is 591 g/mol. The van der Waals surface area contributed by atoms with Gasteiger partial charge in [0.05, 0.1) is 0 Å². The zero-order chi connectivity index (χ0) is 29.7. The average molecular weight is 592 g/mol. The van der Waals surface area contributed by atoms with Gasteiger partial charge in [0.15, 0.2) is 17.5 Å². The molecule has 210 valence electrons. The zero-order valence-corrected chi connectivity index (χ0v) is 25.0. The van der Waals surface area contributed by atoms with E-state index in [1.807, 2.05) is 29.5 Å². The number of thiophene rings is 1. The molecule has 45 heavy (non-hydrogen) atoms. The van der Waals surface area contributed by atoms with E-state index in [1.165, 1.54) is 47.3 Å². The molecule has 0 aliphatic carbocycles. The molecule has 7 aromatic carbocycles. The summed E-state index contributed by atoms with van der Waals surface area (Å²) in [6.45, 7) is 0. The van der Waals surface area contributed by atoms with Crippen LogP contribution in [0.4, 0.5) is 0 Å². The van der Waals surface area contributed by atoms with Gasteiger partial charge in [-0.2, -0.15) is 0 Å². The van der Waals surface area contributed by atoms with Crippen molar-refractivity contribution in [2.24, 2.45) is 0 Å². The minimum absolute atomic E-state index is 0.660. The molecule has 0 bridgehead atoms. The number of hydrogen-bond acceptors (Lipinski definition) is 4. The predicted molar refractivity (Wildman–Crippen MR) is 189 cm³/mol. The summed E-state index contributed by atoms with van der Waals surface area (Å²) in [5.41, 5.74) is 5.28. The quantitative estimate of drug-likeness (QED) is 0.204. The Morgan fingerprint density at radius 1 is 0.333 bits per heavy atom. The lowest BCUT2D eigenvalue weighted by atomic mass is 10.00. The van der Waals surface area contributed by atoms with Gasteiger partial charge in [0.2, 0.25) is 0 Å². The van der Waals surface area contributed by atoms with Crippen molar-refractivity contribution in [3.05, 3.63) is 152 Å². The average Bonchev–Trinajstić information content (AvgIpc) is 3.51. The standard InChI is InChI=1S/C41H25N3S/c1-2-11-29(12-3-1)39-42-40(30-20-17-27(18-21-30)32-22-19-26-9-4-5-13-31(26)25-32)44-41(43-39)36-16-8-15-34-35-24-23-28-10-6-7-14-33(28)37(35)45-38(34)36/h1-25H. The summed E-state index contributed by atoms with van der Waals surface area (Å²) < 4.78 is 2.48. The van der Waals surface area contributed by atoms with Crippen LogP contribution in [-0.4, -0.2) is 15.0 Å². The Morgan fingerprint density at radius 3 is 1.73 bits per heavy atom. The van der Waals surface area contributed by atoms with Crippen LogP contribution in [0.2, 0.25) is 0 Å². The number of hydrogen-bond donors (Lipinski definition) is 0. The molecule has 3 nitrogen and oxygen atoms in total. The van der Waals surface area contributed by atoms with E-state index in [4.69, 9.17) is 15.0 Å². The van der Waals surface area contributed by atoms with Crippen LogP contribution in [0.5, 0.6) is 0 Å². The van der Waals surface area contributed by atoms with Crippen LogP contribution in [0.25, 0.3) is 87.0 Å². The molecule has 0 N–H and O–H groups in total. The third-order valence-electron chi connectivity index (χ3n) is 8.52. The first-order valence-corrected chi connectivity index (χ1v) is 15.8. The van der Waals surface area contributed by atoms with Gasteiger partial charge >= 0.3 is 0 Å². The Morgan fingerprint density at radius 2 is 0.911 bits per heavy atom. The molecule has 0 unspecified atom stereocenters. The molecule has 0 aliphatic rings. The minimum atomic E-state index is 0.660. The second kappa shape index (κ2) is 10.5. The van der Waals surface area contributed by atoms with Crippen molar-refractivity contribution in [2.75, 3.05) is 0 Å². The second-order valence-corrected chi connectivity index (χ2v) is 12.3. The zero-order valence-electron chi connectivity index (χ0n) is 24.2. The van der Waals surface area contributed by atoms with Crippen molar-refractivity contribution in [3.8, 4) is 45.3 Å². The number of nitrogens with zero attached hydrogens (tertiary/aromatic N) is 3. The van der Waals surface area contributed by atoms with Crippen LogP contribution in [-0.2, 0) is 0 Å². The molecule has 4 heteroatoms. The van der Waals surface area contributed by atoms with Gasteiger partial charge in [0, 0.05) is 36.9 Å². The van der Waals surface area contributed by atoms with Crippen molar-refractivity contribution in [1.29, 1.82) is 0 Å². The second-order valence-electron chi connectivity index (χ2n) is 11.3. The van der Waals surface area contributed by atoms with E-state index >= 15 is 0 Å². The Kier molecular flexibility index (Phi) is 6.00. The van der Waals surface area contributed by atoms with Gasteiger partial charge in [0.25, 0.3) is 0 Å². The fourth-order valence-electron chi connectivity index (χ4n) is 6.22. The van der Waals surface area contributed by atoms with E-state index < -0.39 is 0 Å². The normalized spacial score (nSPS) is 11.6. The van der Waals surface area contributed by atoms with Gasteiger partial charge in [-0.1, -0.05) is 140 Å². The first-order valence-electron chi connectivity index (χ1n) is 15.0. The van der Waals surface area contributed by atoms with Crippen LogP contribution in [0.3, 0.4) is 0 Å².